The van der Waals surface area contributed by atoms with Crippen LogP contribution in [0.15, 0.2) is 78.9 Å². The Balaban J connectivity index is 1.52. The largest absolute Gasteiger partial charge is 0.489 e. The first-order valence-electron chi connectivity index (χ1n) is 8.22. The first-order chi connectivity index (χ1) is 12.8. The Morgan fingerprint density at radius 1 is 0.923 bits per heavy atom. The van der Waals surface area contributed by atoms with Crippen LogP contribution in [0.2, 0.25) is 0 Å². The third kappa shape index (κ3) is 3.58. The van der Waals surface area contributed by atoms with Gasteiger partial charge in [-0.2, -0.15) is 0 Å². The van der Waals surface area contributed by atoms with Crippen molar-refractivity contribution in [3.05, 3.63) is 90.0 Å². The highest BCUT2D eigenvalue weighted by Crippen LogP contribution is 2.26. The SMILES string of the molecule is O=C(Nc1nc2ccccc2s1)c1ccccc1COc1ccccc1. The van der Waals surface area contributed by atoms with Gasteiger partial charge in [0, 0.05) is 11.1 Å². The average Bonchev–Trinajstić information content (AvgIpc) is 3.09. The quantitative estimate of drug-likeness (QED) is 0.537. The number of hydrogen-bond donors (Lipinski definition) is 1. The Bertz CT molecular complexity index is 1010. The molecular formula is C21H16N2O2S. The lowest BCUT2D eigenvalue weighted by Crippen LogP contribution is -2.15. The number of thiazole rings is 1. The molecule has 4 rings (SSSR count). The minimum absolute atomic E-state index is 0.184. The van der Waals surface area contributed by atoms with Gasteiger partial charge in [-0.15, -0.1) is 0 Å². The summed E-state index contributed by atoms with van der Waals surface area (Å²) in [6.07, 6.45) is 0. The van der Waals surface area contributed by atoms with Gasteiger partial charge in [0.25, 0.3) is 5.91 Å². The van der Waals surface area contributed by atoms with Crippen molar-refractivity contribution in [3.8, 4) is 5.75 Å². The van der Waals surface area contributed by atoms with Gasteiger partial charge in [-0.1, -0.05) is 59.9 Å². The molecule has 1 N–H and O–H groups in total. The van der Waals surface area contributed by atoms with Gasteiger partial charge in [-0.25, -0.2) is 4.98 Å². The van der Waals surface area contributed by atoms with E-state index in [1.165, 1.54) is 11.3 Å². The van der Waals surface area contributed by atoms with Crippen molar-refractivity contribution in [2.24, 2.45) is 0 Å². The van der Waals surface area contributed by atoms with Crippen LogP contribution in [0.4, 0.5) is 5.13 Å². The van der Waals surface area contributed by atoms with Gasteiger partial charge in [0.05, 0.1) is 10.2 Å². The molecule has 0 aliphatic carbocycles. The van der Waals surface area contributed by atoms with Crippen molar-refractivity contribution < 1.29 is 9.53 Å². The molecule has 1 amide bonds. The van der Waals surface area contributed by atoms with Gasteiger partial charge in [0.15, 0.2) is 5.13 Å². The van der Waals surface area contributed by atoms with Crippen molar-refractivity contribution in [1.82, 2.24) is 4.98 Å². The summed E-state index contributed by atoms with van der Waals surface area (Å²) in [6.45, 7) is 0.327. The molecule has 3 aromatic carbocycles. The van der Waals surface area contributed by atoms with Crippen LogP contribution in [0.25, 0.3) is 10.2 Å². The summed E-state index contributed by atoms with van der Waals surface area (Å²) < 4.78 is 6.83. The summed E-state index contributed by atoms with van der Waals surface area (Å²) in [6, 6.07) is 24.8. The number of aromatic nitrogens is 1. The second-order valence-corrected chi connectivity index (χ2v) is 6.73. The highest BCUT2D eigenvalue weighted by Gasteiger charge is 2.14. The summed E-state index contributed by atoms with van der Waals surface area (Å²) in [7, 11) is 0. The molecule has 4 aromatic rings. The predicted molar refractivity (Wildman–Crippen MR) is 105 cm³/mol. The third-order valence-corrected chi connectivity index (χ3v) is 4.87. The molecule has 1 heterocycles. The van der Waals surface area contributed by atoms with E-state index in [0.29, 0.717) is 17.3 Å². The summed E-state index contributed by atoms with van der Waals surface area (Å²) in [5.74, 6) is 0.588. The maximum absolute atomic E-state index is 12.7. The van der Waals surface area contributed by atoms with Gasteiger partial charge < -0.3 is 4.74 Å². The highest BCUT2D eigenvalue weighted by atomic mass is 32.1. The van der Waals surface area contributed by atoms with E-state index in [4.69, 9.17) is 4.74 Å². The standard InChI is InChI=1S/C21H16N2O2S/c24-20(23-21-22-18-12-6-7-13-19(18)26-21)17-11-5-4-8-15(17)14-25-16-9-2-1-3-10-16/h1-13H,14H2,(H,22,23,24). The number of hydrogen-bond acceptors (Lipinski definition) is 4. The Kier molecular flexibility index (Phi) is 4.62. The van der Waals surface area contributed by atoms with Crippen LogP contribution in [-0.4, -0.2) is 10.9 Å². The lowest BCUT2D eigenvalue weighted by atomic mass is 10.1. The van der Waals surface area contributed by atoms with Gasteiger partial charge in [0.1, 0.15) is 12.4 Å². The fourth-order valence-electron chi connectivity index (χ4n) is 2.64. The monoisotopic (exact) mass is 360 g/mol. The van der Waals surface area contributed by atoms with E-state index in [9.17, 15) is 4.79 Å². The van der Waals surface area contributed by atoms with E-state index in [-0.39, 0.29) is 5.91 Å². The zero-order chi connectivity index (χ0) is 17.8. The smallest absolute Gasteiger partial charge is 0.257 e. The van der Waals surface area contributed by atoms with Crippen LogP contribution in [0.1, 0.15) is 15.9 Å². The molecule has 5 heteroatoms. The van der Waals surface area contributed by atoms with E-state index in [1.54, 1.807) is 6.07 Å². The summed E-state index contributed by atoms with van der Waals surface area (Å²) in [5.41, 5.74) is 2.30. The number of benzene rings is 3. The van der Waals surface area contributed by atoms with E-state index < -0.39 is 0 Å². The highest BCUT2D eigenvalue weighted by molar-refractivity contribution is 7.22. The number of rotatable bonds is 5. The Hall–Kier alpha value is -3.18. The molecule has 0 atom stereocenters. The van der Waals surface area contributed by atoms with Crippen LogP contribution in [-0.2, 0) is 6.61 Å². The zero-order valence-electron chi connectivity index (χ0n) is 13.9. The second kappa shape index (κ2) is 7.37. The molecule has 0 spiro atoms. The van der Waals surface area contributed by atoms with Gasteiger partial charge in [-0.05, 0) is 30.3 Å². The summed E-state index contributed by atoms with van der Waals surface area (Å²) >= 11 is 1.46. The van der Waals surface area contributed by atoms with Crippen LogP contribution in [0.5, 0.6) is 5.75 Å². The van der Waals surface area contributed by atoms with Crippen LogP contribution in [0.3, 0.4) is 0 Å². The van der Waals surface area contributed by atoms with Crippen molar-refractivity contribution >= 4 is 32.6 Å². The molecule has 0 saturated carbocycles. The molecule has 26 heavy (non-hydrogen) atoms. The number of amides is 1. The minimum Gasteiger partial charge on any atom is -0.489 e. The molecule has 4 nitrogen and oxygen atoms in total. The molecule has 0 saturated heterocycles. The van der Waals surface area contributed by atoms with Crippen molar-refractivity contribution in [2.75, 3.05) is 5.32 Å². The summed E-state index contributed by atoms with van der Waals surface area (Å²) in [4.78, 5) is 17.2. The van der Waals surface area contributed by atoms with Crippen LogP contribution in [0, 0.1) is 0 Å². The second-order valence-electron chi connectivity index (χ2n) is 5.70. The first kappa shape index (κ1) is 16.3. The van der Waals surface area contributed by atoms with E-state index in [1.807, 2.05) is 72.8 Å². The molecule has 1 aromatic heterocycles. The Labute approximate surface area is 155 Å². The lowest BCUT2D eigenvalue weighted by molar-refractivity contribution is 0.102. The first-order valence-corrected chi connectivity index (χ1v) is 9.04. The maximum Gasteiger partial charge on any atom is 0.257 e. The maximum atomic E-state index is 12.7. The lowest BCUT2D eigenvalue weighted by Gasteiger charge is -2.10. The number of ether oxygens (including phenoxy) is 1. The van der Waals surface area contributed by atoms with Gasteiger partial charge >= 0.3 is 0 Å². The van der Waals surface area contributed by atoms with Crippen molar-refractivity contribution in [3.63, 3.8) is 0 Å². The number of nitrogens with one attached hydrogen (secondary N) is 1. The van der Waals surface area contributed by atoms with Gasteiger partial charge in [0.2, 0.25) is 0 Å². The molecule has 0 fully saturated rings. The molecule has 0 unspecified atom stereocenters. The predicted octanol–water partition coefficient (Wildman–Crippen LogP) is 5.13. The normalized spacial score (nSPS) is 10.6. The molecule has 0 aliphatic rings. The Morgan fingerprint density at radius 2 is 1.65 bits per heavy atom. The van der Waals surface area contributed by atoms with Crippen molar-refractivity contribution in [1.29, 1.82) is 0 Å². The average molecular weight is 360 g/mol. The zero-order valence-corrected chi connectivity index (χ0v) is 14.7. The molecular weight excluding hydrogens is 344 g/mol. The van der Waals surface area contributed by atoms with E-state index in [0.717, 1.165) is 21.5 Å². The third-order valence-electron chi connectivity index (χ3n) is 3.91. The van der Waals surface area contributed by atoms with E-state index >= 15 is 0 Å². The Morgan fingerprint density at radius 3 is 2.50 bits per heavy atom. The van der Waals surface area contributed by atoms with Crippen LogP contribution >= 0.6 is 11.3 Å². The summed E-state index contributed by atoms with van der Waals surface area (Å²) in [5, 5.41) is 3.49. The molecule has 0 aliphatic heterocycles. The molecule has 0 bridgehead atoms. The fraction of sp³-hybridized carbons (Fsp3) is 0.0476. The van der Waals surface area contributed by atoms with Crippen molar-refractivity contribution in [2.45, 2.75) is 6.61 Å². The van der Waals surface area contributed by atoms with E-state index in [2.05, 4.69) is 10.3 Å². The number of carbonyl (C=O) groups is 1. The minimum atomic E-state index is -0.184. The molecule has 128 valence electrons. The fourth-order valence-corrected chi connectivity index (χ4v) is 3.50. The number of nitrogens with zero attached hydrogens (tertiary/aromatic N) is 1. The van der Waals surface area contributed by atoms with Crippen LogP contribution < -0.4 is 10.1 Å². The number of anilines is 1. The number of carbonyl (C=O) groups excluding carboxylic acids is 1. The molecule has 0 radical (unpaired) electrons. The van der Waals surface area contributed by atoms with Gasteiger partial charge in [-0.3, -0.25) is 10.1 Å². The number of para-hydroxylation sites is 2. The topological polar surface area (TPSA) is 51.2 Å². The number of fused-ring (bicyclic) bond motifs is 1.